The molecular weight excluding hydrogens is 468 g/mol. The molecular formula is C34H20N2O2. The van der Waals surface area contributed by atoms with Gasteiger partial charge in [0.25, 0.3) is 0 Å². The van der Waals surface area contributed by atoms with Gasteiger partial charge in [0.15, 0.2) is 0 Å². The molecule has 0 unspecified atom stereocenters. The molecule has 0 N–H and O–H groups in total. The van der Waals surface area contributed by atoms with Crippen LogP contribution in [0.3, 0.4) is 0 Å². The first-order valence-corrected chi connectivity index (χ1v) is 12.8. The molecule has 0 aliphatic rings. The monoisotopic (exact) mass is 488 g/mol. The summed E-state index contributed by atoms with van der Waals surface area (Å²) in [6.45, 7) is 0. The second-order valence-electron chi connectivity index (χ2n) is 9.78. The molecule has 0 bridgehead atoms. The van der Waals surface area contributed by atoms with Crippen LogP contribution in [0.25, 0.3) is 77.3 Å². The van der Waals surface area contributed by atoms with Crippen LogP contribution in [0.1, 0.15) is 0 Å². The lowest BCUT2D eigenvalue weighted by Crippen LogP contribution is -1.92. The topological polar surface area (TPSA) is 36.1 Å². The summed E-state index contributed by atoms with van der Waals surface area (Å²) >= 11 is 0. The van der Waals surface area contributed by atoms with Crippen molar-refractivity contribution in [3.8, 4) is 11.4 Å². The minimum atomic E-state index is 0.857. The van der Waals surface area contributed by atoms with Crippen LogP contribution in [-0.4, -0.2) is 9.13 Å². The normalized spacial score (nSPS) is 12.2. The Balaban J connectivity index is 1.40. The lowest BCUT2D eigenvalue weighted by Gasteiger charge is -2.07. The Kier molecular flexibility index (Phi) is 3.76. The quantitative estimate of drug-likeness (QED) is 0.243. The number of benzene rings is 5. The minimum Gasteiger partial charge on any atom is -0.439 e. The van der Waals surface area contributed by atoms with Crippen molar-refractivity contribution < 1.29 is 8.83 Å². The van der Waals surface area contributed by atoms with Crippen molar-refractivity contribution in [1.82, 2.24) is 9.13 Å². The molecule has 0 atom stereocenters. The first kappa shape index (κ1) is 19.9. The fraction of sp³-hybridized carbons (Fsp3) is 0. The molecule has 0 saturated heterocycles. The number of hydrogen-bond donors (Lipinski definition) is 0. The van der Waals surface area contributed by atoms with Gasteiger partial charge in [-0.25, -0.2) is 0 Å². The number of rotatable bonds is 2. The van der Waals surface area contributed by atoms with E-state index in [1.165, 1.54) is 10.8 Å². The van der Waals surface area contributed by atoms with Gasteiger partial charge in [-0.3, -0.25) is 9.13 Å². The molecule has 0 aliphatic carbocycles. The van der Waals surface area contributed by atoms with Gasteiger partial charge in [-0.05, 0) is 48.5 Å². The van der Waals surface area contributed by atoms with E-state index in [0.29, 0.717) is 0 Å². The van der Waals surface area contributed by atoms with Crippen LogP contribution < -0.4 is 0 Å². The number of aromatic nitrogens is 2. The SMILES string of the molecule is c1ccc(-n2c3ccccc3c3c4cc(-n5c6ccccc6c6c7ccccc7oc65)ccc4oc32)cc1. The van der Waals surface area contributed by atoms with Crippen LogP contribution in [0.4, 0.5) is 0 Å². The molecule has 9 rings (SSSR count). The molecule has 178 valence electrons. The lowest BCUT2D eigenvalue weighted by molar-refractivity contribution is 0.643. The van der Waals surface area contributed by atoms with Gasteiger partial charge >= 0.3 is 0 Å². The van der Waals surface area contributed by atoms with Gasteiger partial charge in [-0.15, -0.1) is 0 Å². The van der Waals surface area contributed by atoms with Crippen LogP contribution >= 0.6 is 0 Å². The fourth-order valence-corrected chi connectivity index (χ4v) is 6.15. The van der Waals surface area contributed by atoms with Crippen LogP contribution in [0, 0.1) is 0 Å². The first-order valence-electron chi connectivity index (χ1n) is 12.8. The van der Waals surface area contributed by atoms with E-state index in [0.717, 1.165) is 66.5 Å². The zero-order valence-corrected chi connectivity index (χ0v) is 20.3. The average Bonchev–Trinajstić information content (AvgIpc) is 3.69. The summed E-state index contributed by atoms with van der Waals surface area (Å²) in [6, 6.07) is 42.1. The third kappa shape index (κ3) is 2.49. The Labute approximate surface area is 216 Å². The highest BCUT2D eigenvalue weighted by Gasteiger charge is 2.22. The molecule has 0 amide bonds. The highest BCUT2D eigenvalue weighted by atomic mass is 16.3. The predicted octanol–water partition coefficient (Wildman–Crippen LogP) is 9.37. The van der Waals surface area contributed by atoms with Crippen molar-refractivity contribution in [2.45, 2.75) is 0 Å². The van der Waals surface area contributed by atoms with Crippen LogP contribution in [0.15, 0.2) is 130 Å². The summed E-state index contributed by atoms with van der Waals surface area (Å²) in [6.07, 6.45) is 0. The predicted molar refractivity (Wildman–Crippen MR) is 155 cm³/mol. The number of nitrogens with zero attached hydrogens (tertiary/aromatic N) is 2. The van der Waals surface area contributed by atoms with E-state index >= 15 is 0 Å². The Bertz CT molecular complexity index is 2350. The molecule has 0 radical (unpaired) electrons. The maximum absolute atomic E-state index is 6.55. The van der Waals surface area contributed by atoms with Gasteiger partial charge < -0.3 is 8.83 Å². The largest absolute Gasteiger partial charge is 0.439 e. The molecule has 4 heterocycles. The highest BCUT2D eigenvalue weighted by molar-refractivity contribution is 6.22. The Morgan fingerprint density at radius 1 is 0.395 bits per heavy atom. The van der Waals surface area contributed by atoms with Gasteiger partial charge in [0.1, 0.15) is 11.2 Å². The number of para-hydroxylation sites is 4. The standard InChI is InChI=1S/C34H20N2O2/c1-2-10-21(11-3-1)35-27-15-7-5-13-24(27)32-26-20-22(18-19-30(26)38-34(32)35)36-28-16-8-4-12-23(28)31-25-14-6-9-17-29(25)37-33(31)36/h1-20H. The van der Waals surface area contributed by atoms with Crippen molar-refractivity contribution >= 4 is 65.9 Å². The third-order valence-corrected chi connectivity index (χ3v) is 7.74. The fourth-order valence-electron chi connectivity index (χ4n) is 6.15. The zero-order chi connectivity index (χ0) is 24.8. The highest BCUT2D eigenvalue weighted by Crippen LogP contribution is 2.42. The van der Waals surface area contributed by atoms with Crippen molar-refractivity contribution in [2.24, 2.45) is 0 Å². The molecule has 0 saturated carbocycles. The van der Waals surface area contributed by atoms with Gasteiger partial charge in [0.05, 0.1) is 21.8 Å². The van der Waals surface area contributed by atoms with Crippen molar-refractivity contribution in [3.63, 3.8) is 0 Å². The average molecular weight is 489 g/mol. The Hall–Kier alpha value is -5.22. The molecule has 0 fully saturated rings. The smallest absolute Gasteiger partial charge is 0.213 e. The number of furan rings is 2. The molecule has 4 heteroatoms. The van der Waals surface area contributed by atoms with Gasteiger partial charge in [-0.1, -0.05) is 72.8 Å². The van der Waals surface area contributed by atoms with E-state index in [9.17, 15) is 0 Å². The zero-order valence-electron chi connectivity index (χ0n) is 20.3. The second-order valence-corrected chi connectivity index (χ2v) is 9.78. The Morgan fingerprint density at radius 2 is 0.921 bits per heavy atom. The van der Waals surface area contributed by atoms with E-state index in [2.05, 4.69) is 112 Å². The van der Waals surface area contributed by atoms with E-state index in [1.54, 1.807) is 0 Å². The number of fused-ring (bicyclic) bond motifs is 10. The van der Waals surface area contributed by atoms with Gasteiger partial charge in [0, 0.05) is 32.9 Å². The van der Waals surface area contributed by atoms with Crippen LogP contribution in [0.5, 0.6) is 0 Å². The minimum absolute atomic E-state index is 0.857. The van der Waals surface area contributed by atoms with E-state index in [4.69, 9.17) is 8.83 Å². The van der Waals surface area contributed by atoms with Gasteiger partial charge in [0.2, 0.25) is 11.4 Å². The summed E-state index contributed by atoms with van der Waals surface area (Å²) in [5.41, 5.74) is 7.86. The van der Waals surface area contributed by atoms with Crippen molar-refractivity contribution in [2.75, 3.05) is 0 Å². The maximum atomic E-state index is 6.55. The lowest BCUT2D eigenvalue weighted by atomic mass is 10.1. The van der Waals surface area contributed by atoms with E-state index in [1.807, 2.05) is 18.2 Å². The third-order valence-electron chi connectivity index (χ3n) is 7.74. The molecule has 0 aliphatic heterocycles. The number of hydrogen-bond acceptors (Lipinski definition) is 2. The molecule has 38 heavy (non-hydrogen) atoms. The van der Waals surface area contributed by atoms with Gasteiger partial charge in [-0.2, -0.15) is 0 Å². The van der Waals surface area contributed by atoms with Crippen LogP contribution in [-0.2, 0) is 0 Å². The summed E-state index contributed by atoms with van der Waals surface area (Å²) in [7, 11) is 0. The van der Waals surface area contributed by atoms with Crippen molar-refractivity contribution in [1.29, 1.82) is 0 Å². The summed E-state index contributed by atoms with van der Waals surface area (Å²) in [4.78, 5) is 0. The summed E-state index contributed by atoms with van der Waals surface area (Å²) in [5.74, 6) is 0. The van der Waals surface area contributed by atoms with E-state index in [-0.39, 0.29) is 0 Å². The van der Waals surface area contributed by atoms with Crippen molar-refractivity contribution in [3.05, 3.63) is 121 Å². The van der Waals surface area contributed by atoms with Crippen LogP contribution in [0.2, 0.25) is 0 Å². The second kappa shape index (κ2) is 7.17. The summed E-state index contributed by atoms with van der Waals surface area (Å²) < 4.78 is 17.5. The first-order chi connectivity index (χ1) is 18.9. The maximum Gasteiger partial charge on any atom is 0.213 e. The van der Waals surface area contributed by atoms with E-state index < -0.39 is 0 Å². The Morgan fingerprint density at radius 3 is 1.63 bits per heavy atom. The molecule has 4 aromatic heterocycles. The molecule has 9 aromatic rings. The molecule has 0 spiro atoms. The molecule has 4 nitrogen and oxygen atoms in total. The summed E-state index contributed by atoms with van der Waals surface area (Å²) in [5, 5.41) is 6.85. The molecule has 5 aromatic carbocycles.